The van der Waals surface area contributed by atoms with Gasteiger partial charge in [-0.1, -0.05) is 6.07 Å². The molecule has 1 N–H and O–H groups in total. The Bertz CT molecular complexity index is 523. The van der Waals surface area contributed by atoms with E-state index in [1.807, 2.05) is 39.1 Å². The molecule has 2 aromatic heterocycles. The zero-order valence-electron chi connectivity index (χ0n) is 10.4. The van der Waals surface area contributed by atoms with Crippen LogP contribution < -0.4 is 5.32 Å². The van der Waals surface area contributed by atoms with Crippen LogP contribution in [-0.2, 0) is 6.54 Å². The van der Waals surface area contributed by atoms with Crippen molar-refractivity contribution in [2.45, 2.75) is 27.3 Å². The van der Waals surface area contributed by atoms with Gasteiger partial charge >= 0.3 is 0 Å². The normalized spacial score (nSPS) is 10.3. The Morgan fingerprint density at radius 1 is 1.12 bits per heavy atom. The predicted molar refractivity (Wildman–Crippen MR) is 67.8 cm³/mol. The quantitative estimate of drug-likeness (QED) is 0.876. The Hall–Kier alpha value is -1.97. The van der Waals surface area contributed by atoms with Gasteiger partial charge in [0, 0.05) is 18.1 Å². The van der Waals surface area contributed by atoms with E-state index in [1.54, 1.807) is 6.20 Å². The van der Waals surface area contributed by atoms with Crippen LogP contribution in [0.25, 0.3) is 0 Å². The summed E-state index contributed by atoms with van der Waals surface area (Å²) in [4.78, 5) is 12.9. The van der Waals surface area contributed by atoms with Crippen LogP contribution in [0.1, 0.15) is 22.5 Å². The Morgan fingerprint density at radius 3 is 2.65 bits per heavy atom. The van der Waals surface area contributed by atoms with E-state index < -0.39 is 0 Å². The van der Waals surface area contributed by atoms with Crippen LogP contribution in [0.15, 0.2) is 24.5 Å². The van der Waals surface area contributed by atoms with Crippen LogP contribution in [-0.4, -0.2) is 15.0 Å². The van der Waals surface area contributed by atoms with Crippen molar-refractivity contribution in [1.82, 2.24) is 15.0 Å². The summed E-state index contributed by atoms with van der Waals surface area (Å²) in [7, 11) is 0. The van der Waals surface area contributed by atoms with Gasteiger partial charge in [-0.05, 0) is 38.0 Å². The molecule has 4 nitrogen and oxygen atoms in total. The van der Waals surface area contributed by atoms with E-state index in [0.717, 1.165) is 17.0 Å². The number of nitrogens with zero attached hydrogens (tertiary/aromatic N) is 3. The summed E-state index contributed by atoms with van der Waals surface area (Å²) in [6.45, 7) is 6.68. The van der Waals surface area contributed by atoms with Crippen LogP contribution in [0.5, 0.6) is 0 Å². The molecule has 0 atom stereocenters. The van der Waals surface area contributed by atoms with Crippen molar-refractivity contribution in [3.8, 4) is 0 Å². The zero-order chi connectivity index (χ0) is 12.3. The molecule has 0 fully saturated rings. The van der Waals surface area contributed by atoms with E-state index in [-0.39, 0.29) is 0 Å². The summed E-state index contributed by atoms with van der Waals surface area (Å²) in [5.41, 5.74) is 4.29. The number of rotatable bonds is 3. The van der Waals surface area contributed by atoms with E-state index in [2.05, 4.69) is 20.3 Å². The molecule has 2 heterocycles. The Kier molecular flexibility index (Phi) is 3.32. The smallest absolute Gasteiger partial charge is 0.223 e. The van der Waals surface area contributed by atoms with Gasteiger partial charge < -0.3 is 5.32 Å². The minimum atomic E-state index is 0.648. The summed E-state index contributed by atoms with van der Waals surface area (Å²) >= 11 is 0. The first-order valence-corrected chi connectivity index (χ1v) is 5.61. The average molecular weight is 228 g/mol. The second kappa shape index (κ2) is 4.91. The lowest BCUT2D eigenvalue weighted by Crippen LogP contribution is -2.07. The lowest BCUT2D eigenvalue weighted by Gasteiger charge is -2.07. The number of nitrogens with one attached hydrogen (secondary N) is 1. The van der Waals surface area contributed by atoms with Crippen molar-refractivity contribution in [1.29, 1.82) is 0 Å². The standard InChI is InChI=1S/C13H16N4/c1-9-5-4-6-14-12(9)8-16-13-15-7-10(2)11(3)17-13/h4-7H,8H2,1-3H3,(H,15,16,17). The van der Waals surface area contributed by atoms with Gasteiger partial charge in [-0.25, -0.2) is 9.97 Å². The lowest BCUT2D eigenvalue weighted by molar-refractivity contribution is 0.966. The summed E-state index contributed by atoms with van der Waals surface area (Å²) in [6, 6.07) is 3.98. The fraction of sp³-hybridized carbons (Fsp3) is 0.308. The van der Waals surface area contributed by atoms with Gasteiger partial charge in [0.15, 0.2) is 0 Å². The van der Waals surface area contributed by atoms with Crippen molar-refractivity contribution >= 4 is 5.95 Å². The molecule has 2 rings (SSSR count). The van der Waals surface area contributed by atoms with Gasteiger partial charge in [0.05, 0.1) is 12.2 Å². The summed E-state index contributed by atoms with van der Waals surface area (Å²) < 4.78 is 0. The third-order valence-corrected chi connectivity index (χ3v) is 2.76. The van der Waals surface area contributed by atoms with Crippen LogP contribution >= 0.6 is 0 Å². The van der Waals surface area contributed by atoms with Gasteiger partial charge in [-0.2, -0.15) is 0 Å². The third-order valence-electron chi connectivity index (χ3n) is 2.76. The first-order chi connectivity index (χ1) is 8.16. The molecule has 0 saturated carbocycles. The highest BCUT2D eigenvalue weighted by Gasteiger charge is 2.02. The van der Waals surface area contributed by atoms with E-state index in [1.165, 1.54) is 5.56 Å². The molecule has 4 heteroatoms. The van der Waals surface area contributed by atoms with E-state index in [9.17, 15) is 0 Å². The van der Waals surface area contributed by atoms with Gasteiger partial charge in [0.1, 0.15) is 0 Å². The molecule has 0 aliphatic carbocycles. The number of pyridine rings is 1. The van der Waals surface area contributed by atoms with Crippen LogP contribution in [0.3, 0.4) is 0 Å². The maximum absolute atomic E-state index is 4.37. The molecule has 0 unspecified atom stereocenters. The number of anilines is 1. The van der Waals surface area contributed by atoms with Crippen molar-refractivity contribution in [2.24, 2.45) is 0 Å². The van der Waals surface area contributed by atoms with Gasteiger partial charge in [-0.15, -0.1) is 0 Å². The highest BCUT2D eigenvalue weighted by atomic mass is 15.1. The minimum absolute atomic E-state index is 0.648. The Labute approximate surface area is 101 Å². The molecule has 88 valence electrons. The van der Waals surface area contributed by atoms with Crippen LogP contribution in [0.4, 0.5) is 5.95 Å². The van der Waals surface area contributed by atoms with Crippen LogP contribution in [0.2, 0.25) is 0 Å². The molecular formula is C13H16N4. The molecule has 0 spiro atoms. The number of hydrogen-bond acceptors (Lipinski definition) is 4. The van der Waals surface area contributed by atoms with E-state index in [4.69, 9.17) is 0 Å². The van der Waals surface area contributed by atoms with Crippen molar-refractivity contribution in [2.75, 3.05) is 5.32 Å². The molecule has 0 radical (unpaired) electrons. The first-order valence-electron chi connectivity index (χ1n) is 5.61. The van der Waals surface area contributed by atoms with Gasteiger partial charge in [0.2, 0.25) is 5.95 Å². The molecule has 0 aromatic carbocycles. The molecule has 2 aromatic rings. The monoisotopic (exact) mass is 228 g/mol. The van der Waals surface area contributed by atoms with E-state index >= 15 is 0 Å². The summed E-state index contributed by atoms with van der Waals surface area (Å²) in [6.07, 6.45) is 3.63. The second-order valence-corrected chi connectivity index (χ2v) is 4.08. The fourth-order valence-corrected chi connectivity index (χ4v) is 1.48. The minimum Gasteiger partial charge on any atom is -0.349 e. The van der Waals surface area contributed by atoms with Crippen LogP contribution in [0, 0.1) is 20.8 Å². The lowest BCUT2D eigenvalue weighted by atomic mass is 10.2. The fourth-order valence-electron chi connectivity index (χ4n) is 1.48. The maximum atomic E-state index is 4.37. The second-order valence-electron chi connectivity index (χ2n) is 4.08. The third kappa shape index (κ3) is 2.78. The summed E-state index contributed by atoms with van der Waals surface area (Å²) in [5.74, 6) is 0.651. The Morgan fingerprint density at radius 2 is 1.94 bits per heavy atom. The van der Waals surface area contributed by atoms with Crippen molar-refractivity contribution in [3.05, 3.63) is 47.0 Å². The number of hydrogen-bond donors (Lipinski definition) is 1. The van der Waals surface area contributed by atoms with Crippen molar-refractivity contribution < 1.29 is 0 Å². The Balaban J connectivity index is 2.08. The topological polar surface area (TPSA) is 50.7 Å². The molecule has 0 aliphatic heterocycles. The molecule has 0 aliphatic rings. The highest BCUT2D eigenvalue weighted by Crippen LogP contribution is 2.08. The van der Waals surface area contributed by atoms with Crippen molar-refractivity contribution in [3.63, 3.8) is 0 Å². The van der Waals surface area contributed by atoms with Gasteiger partial charge in [-0.3, -0.25) is 4.98 Å². The number of aromatic nitrogens is 3. The summed E-state index contributed by atoms with van der Waals surface area (Å²) in [5, 5.41) is 3.19. The predicted octanol–water partition coefficient (Wildman–Crippen LogP) is 2.41. The highest BCUT2D eigenvalue weighted by molar-refractivity contribution is 5.30. The van der Waals surface area contributed by atoms with E-state index in [0.29, 0.717) is 12.5 Å². The molecular weight excluding hydrogens is 212 g/mol. The molecule has 0 saturated heterocycles. The van der Waals surface area contributed by atoms with Gasteiger partial charge in [0.25, 0.3) is 0 Å². The molecule has 0 amide bonds. The SMILES string of the molecule is Cc1cnc(NCc2ncccc2C)nc1C. The largest absolute Gasteiger partial charge is 0.349 e. The first kappa shape index (κ1) is 11.5. The number of aryl methyl sites for hydroxylation is 3. The molecule has 0 bridgehead atoms. The molecule has 17 heavy (non-hydrogen) atoms. The maximum Gasteiger partial charge on any atom is 0.223 e. The zero-order valence-corrected chi connectivity index (χ0v) is 10.4. The average Bonchev–Trinajstić information content (AvgIpc) is 2.32.